The average Bonchev–Trinajstić information content (AvgIpc) is 2.51. The first kappa shape index (κ1) is 21.2. The van der Waals surface area contributed by atoms with Crippen LogP contribution in [-0.4, -0.2) is 12.6 Å². The molecule has 0 aromatic heterocycles. The van der Waals surface area contributed by atoms with Gasteiger partial charge in [-0.1, -0.05) is 62.3 Å². The summed E-state index contributed by atoms with van der Waals surface area (Å²) in [4.78, 5) is 11.5. The molecule has 2 nitrogen and oxygen atoms in total. The molecule has 25 heavy (non-hydrogen) atoms. The number of hydrogen-bond acceptors (Lipinski definition) is 2. The number of carbonyl (C=O) groups is 1. The maximum Gasteiger partial charge on any atom is 0.331 e. The Morgan fingerprint density at radius 2 is 1.92 bits per heavy atom. The Bertz CT molecular complexity index is 610. The number of rotatable bonds is 7. The molecule has 0 fully saturated rings. The molecule has 1 aliphatic carbocycles. The maximum atomic E-state index is 11.5. The molecule has 0 unspecified atom stereocenters. The molecule has 1 rings (SSSR count). The second-order valence-electron chi connectivity index (χ2n) is 7.59. The molecular weight excluding hydrogens is 308 g/mol. The maximum absolute atomic E-state index is 11.5. The summed E-state index contributed by atoms with van der Waals surface area (Å²) < 4.78 is 5.04. The van der Waals surface area contributed by atoms with Gasteiger partial charge >= 0.3 is 5.97 Å². The van der Waals surface area contributed by atoms with Crippen molar-refractivity contribution in [3.05, 3.63) is 58.7 Å². The van der Waals surface area contributed by atoms with Crippen molar-refractivity contribution in [3.63, 3.8) is 0 Å². The molecule has 138 valence electrons. The van der Waals surface area contributed by atoms with Crippen molar-refractivity contribution >= 4 is 5.97 Å². The molecule has 0 saturated heterocycles. The molecule has 0 aromatic rings. The van der Waals surface area contributed by atoms with Gasteiger partial charge in [-0.3, -0.25) is 0 Å². The molecule has 0 radical (unpaired) electrons. The number of carbonyl (C=O) groups excluding carboxylic acids is 1. The molecule has 0 bridgehead atoms. The molecule has 2 heteroatoms. The van der Waals surface area contributed by atoms with Gasteiger partial charge in [0.2, 0.25) is 0 Å². The van der Waals surface area contributed by atoms with Gasteiger partial charge in [0.25, 0.3) is 0 Å². The third-order valence-electron chi connectivity index (χ3n) is 4.57. The highest BCUT2D eigenvalue weighted by atomic mass is 16.5. The summed E-state index contributed by atoms with van der Waals surface area (Å²) in [6, 6.07) is 0. The van der Waals surface area contributed by atoms with Crippen LogP contribution in [0.5, 0.6) is 0 Å². The Kier molecular flexibility index (Phi) is 8.68. The molecule has 0 saturated carbocycles. The minimum absolute atomic E-state index is 0.271. The first-order valence-corrected chi connectivity index (χ1v) is 9.34. The minimum Gasteiger partial charge on any atom is -0.463 e. The molecule has 0 atom stereocenters. The molecule has 1 aliphatic rings. The summed E-state index contributed by atoms with van der Waals surface area (Å²) in [6.45, 7) is 13.4. The van der Waals surface area contributed by atoms with Crippen LogP contribution in [0.4, 0.5) is 0 Å². The van der Waals surface area contributed by atoms with Gasteiger partial charge in [0, 0.05) is 6.08 Å². The van der Waals surface area contributed by atoms with Crippen LogP contribution in [0.3, 0.4) is 0 Å². The topological polar surface area (TPSA) is 26.3 Å². The Balaban J connectivity index is 2.69. The van der Waals surface area contributed by atoms with E-state index in [1.165, 1.54) is 42.1 Å². The highest BCUT2D eigenvalue weighted by Gasteiger charge is 2.26. The lowest BCUT2D eigenvalue weighted by Gasteiger charge is -2.32. The lowest BCUT2D eigenvalue weighted by molar-refractivity contribution is -0.137. The number of ether oxygens (including phenoxy) is 1. The van der Waals surface area contributed by atoms with E-state index >= 15 is 0 Å². The molecule has 0 amide bonds. The van der Waals surface area contributed by atoms with Gasteiger partial charge in [-0.25, -0.2) is 4.79 Å². The summed E-state index contributed by atoms with van der Waals surface area (Å²) in [5.41, 5.74) is 5.35. The first-order valence-electron chi connectivity index (χ1n) is 9.34. The molecule has 0 heterocycles. The van der Waals surface area contributed by atoms with E-state index < -0.39 is 0 Å². The SMILES string of the molecule is CCCOC(=O)/C=C(C)/C=C/C=C(C)/C=C/C1=C(C)CCCC1(C)C. The molecule has 0 aromatic carbocycles. The summed E-state index contributed by atoms with van der Waals surface area (Å²) >= 11 is 0. The van der Waals surface area contributed by atoms with Gasteiger partial charge in [-0.2, -0.15) is 0 Å². The van der Waals surface area contributed by atoms with Crippen LogP contribution in [0.25, 0.3) is 0 Å². The fourth-order valence-electron chi connectivity index (χ4n) is 3.11. The van der Waals surface area contributed by atoms with Gasteiger partial charge in [-0.15, -0.1) is 0 Å². The van der Waals surface area contributed by atoms with E-state index in [2.05, 4.69) is 45.9 Å². The number of allylic oxidation sites excluding steroid dienone is 9. The quantitative estimate of drug-likeness (QED) is 0.301. The highest BCUT2D eigenvalue weighted by molar-refractivity contribution is 5.83. The van der Waals surface area contributed by atoms with Gasteiger partial charge < -0.3 is 4.74 Å². The summed E-state index contributed by atoms with van der Waals surface area (Å²) in [7, 11) is 0. The van der Waals surface area contributed by atoms with Crippen molar-refractivity contribution in [1.82, 2.24) is 0 Å². The normalized spacial score (nSPS) is 19.1. The van der Waals surface area contributed by atoms with Gasteiger partial charge in [0.05, 0.1) is 6.61 Å². The highest BCUT2D eigenvalue weighted by Crippen LogP contribution is 2.40. The fraction of sp³-hybridized carbons (Fsp3) is 0.522. The lowest BCUT2D eigenvalue weighted by Crippen LogP contribution is -2.19. The Hall–Kier alpha value is -1.83. The van der Waals surface area contributed by atoms with Gasteiger partial charge in [-0.05, 0) is 63.0 Å². The van der Waals surface area contributed by atoms with E-state index in [0.29, 0.717) is 6.61 Å². The number of hydrogen-bond donors (Lipinski definition) is 0. The molecular formula is C23H34O2. The van der Waals surface area contributed by atoms with Gasteiger partial charge in [0.1, 0.15) is 0 Å². The zero-order valence-electron chi connectivity index (χ0n) is 16.8. The largest absolute Gasteiger partial charge is 0.463 e. The number of esters is 1. The van der Waals surface area contributed by atoms with Crippen LogP contribution in [0.15, 0.2) is 58.7 Å². The minimum atomic E-state index is -0.272. The van der Waals surface area contributed by atoms with Crippen LogP contribution < -0.4 is 0 Å². The van der Waals surface area contributed by atoms with Crippen LogP contribution in [0, 0.1) is 5.41 Å². The zero-order chi connectivity index (χ0) is 18.9. The van der Waals surface area contributed by atoms with Crippen LogP contribution in [-0.2, 0) is 9.53 Å². The summed E-state index contributed by atoms with van der Waals surface area (Å²) in [5, 5.41) is 0. The fourth-order valence-corrected chi connectivity index (χ4v) is 3.11. The molecule has 0 spiro atoms. The van der Waals surface area contributed by atoms with Crippen LogP contribution >= 0.6 is 0 Å². The van der Waals surface area contributed by atoms with E-state index in [4.69, 9.17) is 4.74 Å². The third-order valence-corrected chi connectivity index (χ3v) is 4.57. The molecule has 0 aliphatic heterocycles. The average molecular weight is 343 g/mol. The van der Waals surface area contributed by atoms with E-state index in [9.17, 15) is 4.79 Å². The standard InChI is InChI=1S/C23H34O2/c1-7-16-25-22(24)17-19(3)11-8-10-18(2)13-14-21-20(4)12-9-15-23(21,5)6/h8,10-11,13-14,17H,7,9,12,15-16H2,1-6H3/b11-8+,14-13+,18-10+,19-17+. The van der Waals surface area contributed by atoms with E-state index in [-0.39, 0.29) is 11.4 Å². The van der Waals surface area contributed by atoms with Crippen LogP contribution in [0.1, 0.15) is 67.2 Å². The Labute approximate surface area is 154 Å². The van der Waals surface area contributed by atoms with Crippen molar-refractivity contribution in [2.24, 2.45) is 5.41 Å². The van der Waals surface area contributed by atoms with E-state index in [1.807, 2.05) is 26.0 Å². The second-order valence-corrected chi connectivity index (χ2v) is 7.59. The smallest absolute Gasteiger partial charge is 0.331 e. The van der Waals surface area contributed by atoms with Crippen molar-refractivity contribution in [1.29, 1.82) is 0 Å². The lowest BCUT2D eigenvalue weighted by atomic mass is 9.72. The van der Waals surface area contributed by atoms with E-state index in [1.54, 1.807) is 0 Å². The van der Waals surface area contributed by atoms with E-state index in [0.717, 1.165) is 12.0 Å². The van der Waals surface area contributed by atoms with Crippen molar-refractivity contribution in [2.75, 3.05) is 6.61 Å². The van der Waals surface area contributed by atoms with Crippen molar-refractivity contribution in [3.8, 4) is 0 Å². The van der Waals surface area contributed by atoms with Crippen molar-refractivity contribution in [2.45, 2.75) is 67.2 Å². The van der Waals surface area contributed by atoms with Crippen molar-refractivity contribution < 1.29 is 9.53 Å². The second kappa shape index (κ2) is 10.2. The monoisotopic (exact) mass is 342 g/mol. The van der Waals surface area contributed by atoms with Crippen LogP contribution in [0.2, 0.25) is 0 Å². The zero-order valence-corrected chi connectivity index (χ0v) is 16.8. The predicted molar refractivity (Wildman–Crippen MR) is 107 cm³/mol. The van der Waals surface area contributed by atoms with Gasteiger partial charge in [0.15, 0.2) is 0 Å². The predicted octanol–water partition coefficient (Wildman–Crippen LogP) is 6.47. The first-order chi connectivity index (χ1) is 11.8. The molecule has 0 N–H and O–H groups in total. The Morgan fingerprint density at radius 1 is 1.20 bits per heavy atom. The summed E-state index contributed by atoms with van der Waals surface area (Å²) in [6.07, 6.45) is 16.6. The Morgan fingerprint density at radius 3 is 2.56 bits per heavy atom. The third kappa shape index (κ3) is 7.72. The summed E-state index contributed by atoms with van der Waals surface area (Å²) in [5.74, 6) is -0.272.